The Bertz CT molecular complexity index is 579. The number of nitrogens with zero attached hydrogens (tertiary/aromatic N) is 1. The first-order valence-electron chi connectivity index (χ1n) is 7.50. The third kappa shape index (κ3) is 4.84. The SMILES string of the molecule is Cl.O=C1CSc2ccc(C(=O)NCCN3CCNCC3)cc2N1. The van der Waals surface area contributed by atoms with Gasteiger partial charge in [0.2, 0.25) is 5.91 Å². The molecule has 2 aliphatic rings. The Kier molecular flexibility index (Phi) is 6.71. The van der Waals surface area contributed by atoms with Gasteiger partial charge in [-0.3, -0.25) is 14.5 Å². The van der Waals surface area contributed by atoms with Crippen LogP contribution in [0.4, 0.5) is 5.69 Å². The summed E-state index contributed by atoms with van der Waals surface area (Å²) < 4.78 is 0. The summed E-state index contributed by atoms with van der Waals surface area (Å²) >= 11 is 1.50. The van der Waals surface area contributed by atoms with E-state index in [0.717, 1.165) is 43.3 Å². The predicted octanol–water partition coefficient (Wildman–Crippen LogP) is 0.788. The van der Waals surface area contributed by atoms with Crippen LogP contribution in [0.15, 0.2) is 23.1 Å². The number of hydrogen-bond donors (Lipinski definition) is 3. The Morgan fingerprint density at radius 3 is 2.87 bits per heavy atom. The highest BCUT2D eigenvalue weighted by atomic mass is 35.5. The molecule has 8 heteroatoms. The van der Waals surface area contributed by atoms with Crippen LogP contribution in [0.5, 0.6) is 0 Å². The van der Waals surface area contributed by atoms with E-state index in [-0.39, 0.29) is 24.2 Å². The number of carbonyl (C=O) groups is 2. The second-order valence-corrected chi connectivity index (χ2v) is 6.41. The maximum absolute atomic E-state index is 12.2. The van der Waals surface area contributed by atoms with Crippen LogP contribution >= 0.6 is 24.2 Å². The number of anilines is 1. The lowest BCUT2D eigenvalue weighted by Crippen LogP contribution is -2.46. The van der Waals surface area contributed by atoms with Gasteiger partial charge in [-0.05, 0) is 18.2 Å². The van der Waals surface area contributed by atoms with Gasteiger partial charge < -0.3 is 16.0 Å². The fourth-order valence-electron chi connectivity index (χ4n) is 2.59. The van der Waals surface area contributed by atoms with Crippen molar-refractivity contribution in [3.05, 3.63) is 23.8 Å². The first-order valence-corrected chi connectivity index (χ1v) is 8.49. The second-order valence-electron chi connectivity index (χ2n) is 5.40. The van der Waals surface area contributed by atoms with Gasteiger partial charge in [0.25, 0.3) is 5.91 Å². The predicted molar refractivity (Wildman–Crippen MR) is 94.7 cm³/mol. The monoisotopic (exact) mass is 356 g/mol. The molecule has 0 unspecified atom stereocenters. The molecule has 1 aromatic carbocycles. The average molecular weight is 357 g/mol. The number of thioether (sulfide) groups is 1. The van der Waals surface area contributed by atoms with Crippen molar-refractivity contribution in [1.29, 1.82) is 0 Å². The van der Waals surface area contributed by atoms with Crippen molar-refractivity contribution in [1.82, 2.24) is 15.5 Å². The lowest BCUT2D eigenvalue weighted by atomic mass is 10.2. The van der Waals surface area contributed by atoms with Gasteiger partial charge in [0.1, 0.15) is 0 Å². The third-order valence-electron chi connectivity index (χ3n) is 3.80. The van der Waals surface area contributed by atoms with Crippen LogP contribution in [0, 0.1) is 0 Å². The molecule has 3 N–H and O–H groups in total. The minimum absolute atomic E-state index is 0. The zero-order chi connectivity index (χ0) is 15.4. The van der Waals surface area contributed by atoms with E-state index in [9.17, 15) is 9.59 Å². The van der Waals surface area contributed by atoms with Crippen molar-refractivity contribution in [2.45, 2.75) is 4.90 Å². The van der Waals surface area contributed by atoms with Crippen LogP contribution in [0.1, 0.15) is 10.4 Å². The Balaban J connectivity index is 0.00000192. The molecule has 2 heterocycles. The average Bonchev–Trinajstić information content (AvgIpc) is 2.55. The summed E-state index contributed by atoms with van der Waals surface area (Å²) in [6, 6.07) is 5.45. The Morgan fingerprint density at radius 2 is 2.09 bits per heavy atom. The van der Waals surface area contributed by atoms with E-state index in [1.807, 2.05) is 12.1 Å². The maximum atomic E-state index is 12.2. The van der Waals surface area contributed by atoms with Gasteiger partial charge in [-0.25, -0.2) is 0 Å². The van der Waals surface area contributed by atoms with E-state index in [1.54, 1.807) is 6.07 Å². The summed E-state index contributed by atoms with van der Waals surface area (Å²) in [6.45, 7) is 5.57. The van der Waals surface area contributed by atoms with Crippen molar-refractivity contribution in [2.75, 3.05) is 50.3 Å². The molecule has 126 valence electrons. The summed E-state index contributed by atoms with van der Waals surface area (Å²) in [6.07, 6.45) is 0. The highest BCUT2D eigenvalue weighted by Crippen LogP contribution is 2.31. The summed E-state index contributed by atoms with van der Waals surface area (Å²) in [5.74, 6) is 0.319. The van der Waals surface area contributed by atoms with Crippen LogP contribution in [0.3, 0.4) is 0 Å². The first-order chi connectivity index (χ1) is 10.7. The number of rotatable bonds is 4. The summed E-state index contributed by atoms with van der Waals surface area (Å²) in [4.78, 5) is 26.9. The number of nitrogens with one attached hydrogen (secondary N) is 3. The van der Waals surface area contributed by atoms with Gasteiger partial charge in [-0.2, -0.15) is 0 Å². The summed E-state index contributed by atoms with van der Waals surface area (Å²) in [5, 5.41) is 9.06. The molecule has 0 aliphatic carbocycles. The molecule has 0 bridgehead atoms. The quantitative estimate of drug-likeness (QED) is 0.743. The lowest BCUT2D eigenvalue weighted by molar-refractivity contribution is -0.113. The Morgan fingerprint density at radius 1 is 1.30 bits per heavy atom. The zero-order valence-electron chi connectivity index (χ0n) is 12.8. The highest BCUT2D eigenvalue weighted by molar-refractivity contribution is 8.00. The van der Waals surface area contributed by atoms with Crippen molar-refractivity contribution >= 4 is 41.7 Å². The van der Waals surface area contributed by atoms with Gasteiger partial charge >= 0.3 is 0 Å². The number of halogens is 1. The molecule has 0 saturated carbocycles. The molecule has 1 aromatic rings. The van der Waals surface area contributed by atoms with Gasteiger partial charge in [0.15, 0.2) is 0 Å². The largest absolute Gasteiger partial charge is 0.351 e. The number of fused-ring (bicyclic) bond motifs is 1. The number of amides is 2. The normalized spacial score (nSPS) is 17.7. The molecule has 0 spiro atoms. The smallest absolute Gasteiger partial charge is 0.251 e. The topological polar surface area (TPSA) is 73.5 Å². The van der Waals surface area contributed by atoms with Crippen LogP contribution < -0.4 is 16.0 Å². The summed E-state index contributed by atoms with van der Waals surface area (Å²) in [7, 11) is 0. The molecular weight excluding hydrogens is 336 g/mol. The van der Waals surface area contributed by atoms with E-state index < -0.39 is 0 Å². The minimum Gasteiger partial charge on any atom is -0.351 e. The molecular formula is C15H21ClN4O2S. The van der Waals surface area contributed by atoms with Crippen LogP contribution in [0.25, 0.3) is 0 Å². The van der Waals surface area contributed by atoms with Gasteiger partial charge in [0, 0.05) is 49.7 Å². The van der Waals surface area contributed by atoms with E-state index in [2.05, 4.69) is 20.9 Å². The van der Waals surface area contributed by atoms with E-state index >= 15 is 0 Å². The number of benzene rings is 1. The van der Waals surface area contributed by atoms with Crippen molar-refractivity contribution in [2.24, 2.45) is 0 Å². The van der Waals surface area contributed by atoms with Crippen molar-refractivity contribution in [3.63, 3.8) is 0 Å². The fraction of sp³-hybridized carbons (Fsp3) is 0.467. The molecule has 23 heavy (non-hydrogen) atoms. The van der Waals surface area contributed by atoms with E-state index in [0.29, 0.717) is 17.9 Å². The van der Waals surface area contributed by atoms with Gasteiger partial charge in [-0.15, -0.1) is 24.2 Å². The van der Waals surface area contributed by atoms with E-state index in [4.69, 9.17) is 0 Å². The Hall–Kier alpha value is -1.28. The Labute approximate surface area is 146 Å². The molecule has 2 aliphatic heterocycles. The minimum atomic E-state index is -0.0947. The van der Waals surface area contributed by atoms with E-state index in [1.165, 1.54) is 11.8 Å². The first kappa shape index (κ1) is 18.1. The molecule has 0 atom stereocenters. The molecule has 2 amide bonds. The van der Waals surface area contributed by atoms with Gasteiger partial charge in [0.05, 0.1) is 11.4 Å². The molecule has 0 radical (unpaired) electrons. The second kappa shape index (κ2) is 8.54. The van der Waals surface area contributed by atoms with Crippen molar-refractivity contribution < 1.29 is 9.59 Å². The van der Waals surface area contributed by atoms with Crippen molar-refractivity contribution in [3.8, 4) is 0 Å². The molecule has 1 saturated heterocycles. The molecule has 6 nitrogen and oxygen atoms in total. The third-order valence-corrected chi connectivity index (χ3v) is 4.87. The van der Waals surface area contributed by atoms with Crippen LogP contribution in [-0.2, 0) is 4.79 Å². The lowest BCUT2D eigenvalue weighted by Gasteiger charge is -2.27. The molecule has 0 aromatic heterocycles. The summed E-state index contributed by atoms with van der Waals surface area (Å²) in [5.41, 5.74) is 1.32. The fourth-order valence-corrected chi connectivity index (χ4v) is 3.38. The zero-order valence-corrected chi connectivity index (χ0v) is 14.4. The standard InChI is InChI=1S/C15H20N4O2S.ClH/c20-14-10-22-13-2-1-11(9-12(13)18-14)15(21)17-5-8-19-6-3-16-4-7-19;/h1-2,9,16H,3-8,10H2,(H,17,21)(H,18,20);1H. The van der Waals surface area contributed by atoms with Crippen LogP contribution in [0.2, 0.25) is 0 Å². The van der Waals surface area contributed by atoms with Crippen LogP contribution in [-0.4, -0.2) is 61.7 Å². The molecule has 3 rings (SSSR count). The number of carbonyl (C=O) groups excluding carboxylic acids is 2. The maximum Gasteiger partial charge on any atom is 0.251 e. The van der Waals surface area contributed by atoms with Gasteiger partial charge in [-0.1, -0.05) is 0 Å². The number of hydrogen-bond acceptors (Lipinski definition) is 5. The number of piperazine rings is 1. The molecule has 1 fully saturated rings. The highest BCUT2D eigenvalue weighted by Gasteiger charge is 2.17.